The Kier molecular flexibility index (Phi) is 3.04. The minimum absolute atomic E-state index is 0.330. The lowest BCUT2D eigenvalue weighted by molar-refractivity contribution is 0.363. The number of pyridine rings is 1. The smallest absolute Gasteiger partial charge is 0.0746 e. The van der Waals surface area contributed by atoms with Crippen LogP contribution in [0.2, 0.25) is 0 Å². The molecule has 2 heteroatoms. The SMILES string of the molecule is CC1(NCc2cccc3cccnc23)CCCC1. The highest BCUT2D eigenvalue weighted by Gasteiger charge is 2.27. The second-order valence-corrected chi connectivity index (χ2v) is 5.61. The Balaban J connectivity index is 1.82. The summed E-state index contributed by atoms with van der Waals surface area (Å²) in [7, 11) is 0. The zero-order valence-electron chi connectivity index (χ0n) is 10.9. The first kappa shape index (κ1) is 11.7. The first-order chi connectivity index (χ1) is 8.77. The van der Waals surface area contributed by atoms with Gasteiger partial charge in [-0.2, -0.15) is 0 Å². The molecule has 1 aromatic heterocycles. The van der Waals surface area contributed by atoms with Crippen LogP contribution < -0.4 is 5.32 Å². The molecule has 18 heavy (non-hydrogen) atoms. The molecule has 2 aromatic rings. The third kappa shape index (κ3) is 2.25. The lowest BCUT2D eigenvalue weighted by atomic mass is 10.00. The Morgan fingerprint density at radius 3 is 2.78 bits per heavy atom. The molecule has 0 unspecified atom stereocenters. The van der Waals surface area contributed by atoms with Crippen molar-refractivity contribution >= 4 is 10.9 Å². The van der Waals surface area contributed by atoms with Crippen LogP contribution in [0.15, 0.2) is 36.5 Å². The van der Waals surface area contributed by atoms with E-state index >= 15 is 0 Å². The number of aromatic nitrogens is 1. The van der Waals surface area contributed by atoms with Gasteiger partial charge in [0, 0.05) is 23.7 Å². The third-order valence-corrected chi connectivity index (χ3v) is 4.13. The number of fused-ring (bicyclic) bond motifs is 1. The zero-order valence-corrected chi connectivity index (χ0v) is 10.9. The molecule has 0 radical (unpaired) electrons. The van der Waals surface area contributed by atoms with Gasteiger partial charge in [0.2, 0.25) is 0 Å². The van der Waals surface area contributed by atoms with E-state index in [2.05, 4.69) is 41.5 Å². The lowest BCUT2D eigenvalue weighted by Gasteiger charge is -2.25. The van der Waals surface area contributed by atoms with Gasteiger partial charge in [0.25, 0.3) is 0 Å². The van der Waals surface area contributed by atoms with Crippen molar-refractivity contribution in [3.63, 3.8) is 0 Å². The number of hydrogen-bond acceptors (Lipinski definition) is 2. The summed E-state index contributed by atoms with van der Waals surface area (Å²) in [5.41, 5.74) is 2.77. The molecular weight excluding hydrogens is 220 g/mol. The van der Waals surface area contributed by atoms with Crippen LogP contribution in [-0.4, -0.2) is 10.5 Å². The van der Waals surface area contributed by atoms with Gasteiger partial charge < -0.3 is 5.32 Å². The summed E-state index contributed by atoms with van der Waals surface area (Å²) in [4.78, 5) is 4.51. The summed E-state index contributed by atoms with van der Waals surface area (Å²) in [6.45, 7) is 3.27. The molecule has 1 N–H and O–H groups in total. The van der Waals surface area contributed by atoms with Gasteiger partial charge >= 0.3 is 0 Å². The number of hydrogen-bond donors (Lipinski definition) is 1. The summed E-state index contributed by atoms with van der Waals surface area (Å²) < 4.78 is 0. The van der Waals surface area contributed by atoms with Crippen molar-refractivity contribution in [1.82, 2.24) is 10.3 Å². The molecule has 0 saturated heterocycles. The largest absolute Gasteiger partial charge is 0.307 e. The van der Waals surface area contributed by atoms with Gasteiger partial charge in [-0.3, -0.25) is 4.98 Å². The minimum Gasteiger partial charge on any atom is -0.307 e. The maximum absolute atomic E-state index is 4.51. The van der Waals surface area contributed by atoms with E-state index in [0.29, 0.717) is 5.54 Å². The van der Waals surface area contributed by atoms with Crippen LogP contribution in [0, 0.1) is 0 Å². The summed E-state index contributed by atoms with van der Waals surface area (Å²) in [6.07, 6.45) is 7.19. The van der Waals surface area contributed by atoms with Crippen molar-refractivity contribution in [3.8, 4) is 0 Å². The highest BCUT2D eigenvalue weighted by Crippen LogP contribution is 2.29. The van der Waals surface area contributed by atoms with E-state index < -0.39 is 0 Å². The van der Waals surface area contributed by atoms with Gasteiger partial charge in [0.1, 0.15) is 0 Å². The number of nitrogens with one attached hydrogen (secondary N) is 1. The van der Waals surface area contributed by atoms with Gasteiger partial charge in [-0.1, -0.05) is 37.1 Å². The lowest BCUT2D eigenvalue weighted by Crippen LogP contribution is -2.38. The highest BCUT2D eigenvalue weighted by atomic mass is 15.0. The van der Waals surface area contributed by atoms with Crippen molar-refractivity contribution in [1.29, 1.82) is 0 Å². The molecule has 0 amide bonds. The minimum atomic E-state index is 0.330. The van der Waals surface area contributed by atoms with E-state index in [0.717, 1.165) is 12.1 Å². The van der Waals surface area contributed by atoms with Crippen molar-refractivity contribution < 1.29 is 0 Å². The van der Waals surface area contributed by atoms with Crippen LogP contribution in [0.3, 0.4) is 0 Å². The van der Waals surface area contributed by atoms with Gasteiger partial charge in [0.15, 0.2) is 0 Å². The van der Waals surface area contributed by atoms with Crippen LogP contribution in [0.25, 0.3) is 10.9 Å². The Labute approximate surface area is 108 Å². The summed E-state index contributed by atoms with van der Waals surface area (Å²) in [6, 6.07) is 10.6. The predicted octanol–water partition coefficient (Wildman–Crippen LogP) is 3.66. The number of nitrogens with zero attached hydrogens (tertiary/aromatic N) is 1. The maximum Gasteiger partial charge on any atom is 0.0746 e. The Morgan fingerprint density at radius 1 is 1.17 bits per heavy atom. The van der Waals surface area contributed by atoms with Crippen LogP contribution in [0.5, 0.6) is 0 Å². The average molecular weight is 240 g/mol. The normalized spacial score (nSPS) is 18.3. The molecule has 2 nitrogen and oxygen atoms in total. The monoisotopic (exact) mass is 240 g/mol. The van der Waals surface area contributed by atoms with Crippen molar-refractivity contribution in [2.24, 2.45) is 0 Å². The fourth-order valence-corrected chi connectivity index (χ4v) is 2.95. The van der Waals surface area contributed by atoms with Gasteiger partial charge in [0.05, 0.1) is 5.52 Å². The summed E-state index contributed by atoms with van der Waals surface area (Å²) in [5, 5.41) is 4.96. The second-order valence-electron chi connectivity index (χ2n) is 5.61. The Morgan fingerprint density at radius 2 is 1.94 bits per heavy atom. The first-order valence-electron chi connectivity index (χ1n) is 6.85. The molecule has 0 aliphatic heterocycles. The van der Waals surface area contributed by atoms with E-state index in [1.165, 1.54) is 36.6 Å². The molecule has 1 saturated carbocycles. The number of rotatable bonds is 3. The maximum atomic E-state index is 4.51. The van der Waals surface area contributed by atoms with E-state index in [1.54, 1.807) is 0 Å². The van der Waals surface area contributed by atoms with E-state index in [1.807, 2.05) is 12.3 Å². The molecule has 3 rings (SSSR count). The van der Waals surface area contributed by atoms with Crippen LogP contribution >= 0.6 is 0 Å². The molecule has 0 atom stereocenters. The quantitative estimate of drug-likeness (QED) is 0.885. The predicted molar refractivity (Wildman–Crippen MR) is 75.5 cm³/mol. The van der Waals surface area contributed by atoms with Crippen molar-refractivity contribution in [2.45, 2.75) is 44.7 Å². The molecular formula is C16H20N2. The molecule has 1 fully saturated rings. The topological polar surface area (TPSA) is 24.9 Å². The standard InChI is InChI=1S/C16H20N2/c1-16(9-2-3-10-16)18-12-14-7-4-6-13-8-5-11-17-15(13)14/h4-8,11,18H,2-3,9-10,12H2,1H3. The van der Waals surface area contributed by atoms with E-state index in [-0.39, 0.29) is 0 Å². The number of benzene rings is 1. The van der Waals surface area contributed by atoms with Gasteiger partial charge in [-0.25, -0.2) is 0 Å². The van der Waals surface area contributed by atoms with E-state index in [9.17, 15) is 0 Å². The Hall–Kier alpha value is -1.41. The van der Waals surface area contributed by atoms with Gasteiger partial charge in [-0.05, 0) is 31.4 Å². The fraction of sp³-hybridized carbons (Fsp3) is 0.438. The zero-order chi connectivity index (χ0) is 12.4. The molecule has 0 spiro atoms. The summed E-state index contributed by atoms with van der Waals surface area (Å²) in [5.74, 6) is 0. The van der Waals surface area contributed by atoms with Crippen LogP contribution in [0.1, 0.15) is 38.2 Å². The van der Waals surface area contributed by atoms with E-state index in [4.69, 9.17) is 0 Å². The molecule has 1 heterocycles. The average Bonchev–Trinajstić information content (AvgIpc) is 2.84. The third-order valence-electron chi connectivity index (χ3n) is 4.13. The fourth-order valence-electron chi connectivity index (χ4n) is 2.95. The second kappa shape index (κ2) is 4.69. The molecule has 1 aliphatic carbocycles. The Bertz CT molecular complexity index is 536. The van der Waals surface area contributed by atoms with Crippen molar-refractivity contribution in [3.05, 3.63) is 42.1 Å². The molecule has 94 valence electrons. The van der Waals surface area contributed by atoms with Crippen LogP contribution in [0.4, 0.5) is 0 Å². The number of para-hydroxylation sites is 1. The molecule has 0 bridgehead atoms. The molecule has 1 aromatic carbocycles. The highest BCUT2D eigenvalue weighted by molar-refractivity contribution is 5.81. The molecule has 1 aliphatic rings. The van der Waals surface area contributed by atoms with Crippen molar-refractivity contribution in [2.75, 3.05) is 0 Å². The van der Waals surface area contributed by atoms with Crippen LogP contribution in [-0.2, 0) is 6.54 Å². The van der Waals surface area contributed by atoms with Gasteiger partial charge in [-0.15, -0.1) is 0 Å². The first-order valence-corrected chi connectivity index (χ1v) is 6.85. The summed E-state index contributed by atoms with van der Waals surface area (Å²) >= 11 is 0.